The van der Waals surface area contributed by atoms with Crippen molar-refractivity contribution in [2.75, 3.05) is 13.2 Å². The molecule has 5 nitrogen and oxygen atoms in total. The summed E-state index contributed by atoms with van der Waals surface area (Å²) in [4.78, 5) is 5.27. The molecule has 0 amide bonds. The molecule has 0 aliphatic carbocycles. The maximum Gasteiger partial charge on any atom is 0.162 e. The predicted octanol–water partition coefficient (Wildman–Crippen LogP) is 2.68. The van der Waals surface area contributed by atoms with E-state index in [-0.39, 0.29) is 5.84 Å². The van der Waals surface area contributed by atoms with Gasteiger partial charge in [0.2, 0.25) is 0 Å². The van der Waals surface area contributed by atoms with Crippen LogP contribution in [0.25, 0.3) is 0 Å². The molecule has 1 aliphatic heterocycles. The molecule has 2 aromatic rings. The lowest BCUT2D eigenvalue weighted by atomic mass is 10.3. The van der Waals surface area contributed by atoms with Gasteiger partial charge < -0.3 is 15.2 Å². The molecule has 1 aromatic carbocycles. The van der Waals surface area contributed by atoms with Crippen LogP contribution in [0.3, 0.4) is 0 Å². The Morgan fingerprint density at radius 2 is 2.00 bits per heavy atom. The summed E-state index contributed by atoms with van der Waals surface area (Å²) in [5.41, 5.74) is 6.22. The van der Waals surface area contributed by atoms with Gasteiger partial charge in [-0.2, -0.15) is 0 Å². The van der Waals surface area contributed by atoms with Gasteiger partial charge in [0.15, 0.2) is 11.5 Å². The number of hydrogen-bond acceptors (Lipinski definition) is 5. The first-order valence-electron chi connectivity index (χ1n) is 6.61. The van der Waals surface area contributed by atoms with Gasteiger partial charge in [0, 0.05) is 23.1 Å². The Bertz CT molecular complexity index is 676. The Balaban J connectivity index is 1.89. The predicted molar refractivity (Wildman–Crippen MR) is 81.4 cm³/mol. The van der Waals surface area contributed by atoms with Crippen LogP contribution >= 0.6 is 11.8 Å². The van der Waals surface area contributed by atoms with Gasteiger partial charge in [-0.05, 0) is 30.3 Å². The first-order chi connectivity index (χ1) is 10.2. The second kappa shape index (κ2) is 6.05. The first-order valence-corrected chi connectivity index (χ1v) is 7.42. The molecule has 0 bridgehead atoms. The van der Waals surface area contributed by atoms with Crippen molar-refractivity contribution in [2.24, 2.45) is 5.73 Å². The molecule has 6 heteroatoms. The van der Waals surface area contributed by atoms with Crippen molar-refractivity contribution >= 4 is 17.6 Å². The minimum absolute atomic E-state index is 0.0138. The topological polar surface area (TPSA) is 81.2 Å². The van der Waals surface area contributed by atoms with Gasteiger partial charge in [-0.15, -0.1) is 0 Å². The molecule has 21 heavy (non-hydrogen) atoms. The highest BCUT2D eigenvalue weighted by Gasteiger charge is 2.13. The average molecular weight is 301 g/mol. The van der Waals surface area contributed by atoms with E-state index in [1.165, 1.54) is 11.8 Å². The molecule has 3 N–H and O–H groups in total. The number of nitrogens with zero attached hydrogens (tertiary/aromatic N) is 1. The lowest BCUT2D eigenvalue weighted by Gasteiger charge is -2.10. The standard InChI is InChI=1S/C15H15N3O2S/c16-14(17)11-3-1-6-18-15(11)21-10-4-5-12-13(9-10)20-8-2-7-19-12/h1,3-6,9H,2,7-8H2,(H3,16,17). The zero-order valence-corrected chi connectivity index (χ0v) is 12.2. The third-order valence-corrected chi connectivity index (χ3v) is 4.00. The molecular formula is C15H15N3O2S. The van der Waals surface area contributed by atoms with Crippen molar-refractivity contribution in [3.05, 3.63) is 42.1 Å². The summed E-state index contributed by atoms with van der Waals surface area (Å²) < 4.78 is 11.3. The molecule has 0 saturated carbocycles. The van der Waals surface area contributed by atoms with E-state index in [0.717, 1.165) is 22.8 Å². The first kappa shape index (κ1) is 13.8. The lowest BCUT2D eigenvalue weighted by Crippen LogP contribution is -2.12. The maximum absolute atomic E-state index is 7.60. The largest absolute Gasteiger partial charge is 0.490 e. The quantitative estimate of drug-likeness (QED) is 0.673. The monoisotopic (exact) mass is 301 g/mol. The highest BCUT2D eigenvalue weighted by molar-refractivity contribution is 7.99. The Morgan fingerprint density at radius 1 is 1.19 bits per heavy atom. The molecule has 1 aliphatic rings. The van der Waals surface area contributed by atoms with Gasteiger partial charge in [-0.1, -0.05) is 11.8 Å². The van der Waals surface area contributed by atoms with Crippen molar-refractivity contribution in [1.82, 2.24) is 4.98 Å². The fourth-order valence-electron chi connectivity index (χ4n) is 2.00. The van der Waals surface area contributed by atoms with E-state index in [1.54, 1.807) is 18.3 Å². The molecule has 0 atom stereocenters. The van der Waals surface area contributed by atoms with Crippen LogP contribution in [0, 0.1) is 5.41 Å². The molecule has 2 heterocycles. The number of nitrogens with one attached hydrogen (secondary N) is 1. The van der Waals surface area contributed by atoms with Crippen LogP contribution in [0.4, 0.5) is 0 Å². The number of pyridine rings is 1. The van der Waals surface area contributed by atoms with Gasteiger partial charge >= 0.3 is 0 Å². The molecule has 0 saturated heterocycles. The summed E-state index contributed by atoms with van der Waals surface area (Å²) in [6.07, 6.45) is 2.57. The summed E-state index contributed by atoms with van der Waals surface area (Å²) in [5, 5.41) is 8.31. The lowest BCUT2D eigenvalue weighted by molar-refractivity contribution is 0.297. The fourth-order valence-corrected chi connectivity index (χ4v) is 2.92. The third kappa shape index (κ3) is 3.11. The number of nitrogens with two attached hydrogens (primary N) is 1. The van der Waals surface area contributed by atoms with E-state index in [0.29, 0.717) is 23.8 Å². The van der Waals surface area contributed by atoms with Crippen molar-refractivity contribution in [1.29, 1.82) is 5.41 Å². The molecule has 0 radical (unpaired) electrons. The van der Waals surface area contributed by atoms with Crippen LogP contribution in [0.1, 0.15) is 12.0 Å². The number of aromatic nitrogens is 1. The van der Waals surface area contributed by atoms with Gasteiger partial charge in [0.05, 0.1) is 13.2 Å². The normalized spacial score (nSPS) is 13.5. The smallest absolute Gasteiger partial charge is 0.162 e. The second-order valence-electron chi connectivity index (χ2n) is 4.53. The number of hydrogen-bond donors (Lipinski definition) is 2. The van der Waals surface area contributed by atoms with Crippen molar-refractivity contribution < 1.29 is 9.47 Å². The minimum Gasteiger partial charge on any atom is -0.490 e. The van der Waals surface area contributed by atoms with E-state index in [1.807, 2.05) is 18.2 Å². The molecule has 0 fully saturated rings. The Hall–Kier alpha value is -2.21. The highest BCUT2D eigenvalue weighted by Crippen LogP contribution is 2.36. The molecule has 108 valence electrons. The van der Waals surface area contributed by atoms with Crippen molar-refractivity contribution in [3.63, 3.8) is 0 Å². The van der Waals surface area contributed by atoms with Crippen molar-refractivity contribution in [2.45, 2.75) is 16.3 Å². The molecule has 0 unspecified atom stereocenters. The summed E-state index contributed by atoms with van der Waals surface area (Å²) in [6.45, 7) is 1.33. The van der Waals surface area contributed by atoms with Crippen LogP contribution < -0.4 is 15.2 Å². The van der Waals surface area contributed by atoms with Gasteiger partial charge in [-0.3, -0.25) is 5.41 Å². The molecule has 0 spiro atoms. The van der Waals surface area contributed by atoms with E-state index in [4.69, 9.17) is 20.6 Å². The van der Waals surface area contributed by atoms with Crippen molar-refractivity contribution in [3.8, 4) is 11.5 Å². The summed E-state index contributed by atoms with van der Waals surface area (Å²) in [7, 11) is 0. The highest BCUT2D eigenvalue weighted by atomic mass is 32.2. The third-order valence-electron chi connectivity index (χ3n) is 2.99. The van der Waals surface area contributed by atoms with Crippen LogP contribution in [0.5, 0.6) is 11.5 Å². The summed E-state index contributed by atoms with van der Waals surface area (Å²) in [6, 6.07) is 9.36. The summed E-state index contributed by atoms with van der Waals surface area (Å²) >= 11 is 1.45. The number of ether oxygens (including phenoxy) is 2. The number of amidine groups is 1. The van der Waals surface area contributed by atoms with E-state index in [9.17, 15) is 0 Å². The molecular weight excluding hydrogens is 286 g/mol. The maximum atomic E-state index is 7.60. The van der Waals surface area contributed by atoms with E-state index >= 15 is 0 Å². The average Bonchev–Trinajstić information content (AvgIpc) is 2.72. The van der Waals surface area contributed by atoms with Crippen LogP contribution in [-0.2, 0) is 0 Å². The SMILES string of the molecule is N=C(N)c1cccnc1Sc1ccc2c(c1)OCCCO2. The van der Waals surface area contributed by atoms with Crippen LogP contribution in [-0.4, -0.2) is 24.0 Å². The second-order valence-corrected chi connectivity index (χ2v) is 5.59. The number of nitrogen functional groups attached to an aromatic ring is 1. The summed E-state index contributed by atoms with van der Waals surface area (Å²) in [5.74, 6) is 1.53. The van der Waals surface area contributed by atoms with Gasteiger partial charge in [-0.25, -0.2) is 4.98 Å². The Kier molecular flexibility index (Phi) is 3.96. The Morgan fingerprint density at radius 3 is 2.81 bits per heavy atom. The number of rotatable bonds is 3. The molecule has 3 rings (SSSR count). The zero-order valence-electron chi connectivity index (χ0n) is 11.3. The van der Waals surface area contributed by atoms with Gasteiger partial charge in [0.1, 0.15) is 10.9 Å². The fraction of sp³-hybridized carbons (Fsp3) is 0.200. The van der Waals surface area contributed by atoms with Crippen LogP contribution in [0.15, 0.2) is 46.5 Å². The number of benzene rings is 1. The van der Waals surface area contributed by atoms with Gasteiger partial charge in [0.25, 0.3) is 0 Å². The number of fused-ring (bicyclic) bond motifs is 1. The Labute approximate surface area is 127 Å². The minimum atomic E-state index is 0.0138. The van der Waals surface area contributed by atoms with E-state index < -0.39 is 0 Å². The van der Waals surface area contributed by atoms with E-state index in [2.05, 4.69) is 4.98 Å². The zero-order chi connectivity index (χ0) is 14.7. The molecule has 1 aromatic heterocycles. The van der Waals surface area contributed by atoms with Crippen LogP contribution in [0.2, 0.25) is 0 Å².